The number of rotatable bonds is 2. The molecule has 1 aliphatic carbocycles. The van der Waals surface area contributed by atoms with Crippen LogP contribution in [0.3, 0.4) is 0 Å². The third kappa shape index (κ3) is 4.91. The second kappa shape index (κ2) is 9.11. The van der Waals surface area contributed by atoms with Gasteiger partial charge in [0.05, 0.1) is 4.90 Å². The van der Waals surface area contributed by atoms with Gasteiger partial charge in [0, 0.05) is 61.1 Å². The van der Waals surface area contributed by atoms with Crippen molar-refractivity contribution in [2.24, 2.45) is 0 Å². The summed E-state index contributed by atoms with van der Waals surface area (Å²) >= 11 is 0. The van der Waals surface area contributed by atoms with Gasteiger partial charge < -0.3 is 9.80 Å². The van der Waals surface area contributed by atoms with Gasteiger partial charge >= 0.3 is 0 Å². The van der Waals surface area contributed by atoms with E-state index in [1.54, 1.807) is 24.3 Å². The van der Waals surface area contributed by atoms with Gasteiger partial charge in [-0.2, -0.15) is 0 Å². The molecule has 0 radical (unpaired) electrons. The molecule has 0 atom stereocenters. The molecule has 4 rings (SSSR count). The van der Waals surface area contributed by atoms with Gasteiger partial charge in [-0.25, -0.2) is 8.42 Å². The topological polar surface area (TPSA) is 91.8 Å². The lowest BCUT2D eigenvalue weighted by molar-refractivity contribution is -0.132. The van der Waals surface area contributed by atoms with Crippen molar-refractivity contribution in [3.8, 4) is 0 Å². The first-order chi connectivity index (χ1) is 14.6. The highest BCUT2D eigenvalue weighted by atomic mass is 32.2. The van der Waals surface area contributed by atoms with E-state index in [4.69, 9.17) is 0 Å². The molecule has 1 aliphatic heterocycles. The van der Waals surface area contributed by atoms with Crippen LogP contribution in [0.4, 0.5) is 0 Å². The van der Waals surface area contributed by atoms with E-state index >= 15 is 0 Å². The van der Waals surface area contributed by atoms with Crippen LogP contribution in [0, 0.1) is 0 Å². The normalized spacial score (nSPS) is 16.2. The third-order valence-corrected chi connectivity index (χ3v) is 6.59. The maximum atomic E-state index is 12.4. The van der Waals surface area contributed by atoms with Crippen LogP contribution in [0.25, 0.3) is 0 Å². The van der Waals surface area contributed by atoms with E-state index in [-0.39, 0.29) is 33.5 Å². The largest absolute Gasteiger partial charge is 0.340 e. The smallest absolute Gasteiger partial charge is 0.222 e. The Morgan fingerprint density at radius 2 is 1.39 bits per heavy atom. The Hall–Kier alpha value is -2.84. The van der Waals surface area contributed by atoms with E-state index < -0.39 is 9.84 Å². The number of likely N-dealkylation sites (N-methyl/N-ethyl adjacent to an activating group) is 1. The van der Waals surface area contributed by atoms with E-state index in [1.807, 2.05) is 11.8 Å². The minimum Gasteiger partial charge on any atom is -0.340 e. The van der Waals surface area contributed by atoms with Crippen LogP contribution in [0.1, 0.15) is 45.2 Å². The molecule has 7 nitrogen and oxygen atoms in total. The lowest BCUT2D eigenvalue weighted by Gasteiger charge is -2.32. The molecule has 1 amide bonds. The van der Waals surface area contributed by atoms with E-state index in [0.717, 1.165) is 32.4 Å². The van der Waals surface area contributed by atoms with Crippen LogP contribution in [-0.4, -0.2) is 75.2 Å². The lowest BCUT2D eigenvalue weighted by atomic mass is 9.84. The SMILES string of the molecule is CCC(=O)N1CCN(C)CC1.CS(=O)(=O)c1ccc2c(c1)C(=O)c1ccccc1C2=O. The summed E-state index contributed by atoms with van der Waals surface area (Å²) in [4.78, 5) is 40.1. The van der Waals surface area contributed by atoms with Gasteiger partial charge in [0.25, 0.3) is 0 Å². The van der Waals surface area contributed by atoms with E-state index in [9.17, 15) is 22.8 Å². The number of hydrogen-bond acceptors (Lipinski definition) is 6. The number of carbonyl (C=O) groups excluding carboxylic acids is 3. The summed E-state index contributed by atoms with van der Waals surface area (Å²) in [5.41, 5.74) is 1.07. The quantitative estimate of drug-likeness (QED) is 0.603. The number of piperazine rings is 1. The van der Waals surface area contributed by atoms with Gasteiger partial charge in [-0.3, -0.25) is 14.4 Å². The van der Waals surface area contributed by atoms with Crippen molar-refractivity contribution in [2.45, 2.75) is 18.2 Å². The van der Waals surface area contributed by atoms with Crippen LogP contribution >= 0.6 is 0 Å². The number of amides is 1. The Morgan fingerprint density at radius 1 is 0.871 bits per heavy atom. The van der Waals surface area contributed by atoms with Crippen molar-refractivity contribution < 1.29 is 22.8 Å². The van der Waals surface area contributed by atoms with Crippen molar-refractivity contribution in [2.75, 3.05) is 39.5 Å². The van der Waals surface area contributed by atoms with Crippen molar-refractivity contribution >= 4 is 27.3 Å². The minimum atomic E-state index is -3.42. The van der Waals surface area contributed by atoms with Gasteiger partial charge in [-0.15, -0.1) is 0 Å². The lowest BCUT2D eigenvalue weighted by Crippen LogP contribution is -2.46. The Bertz CT molecular complexity index is 1130. The van der Waals surface area contributed by atoms with Crippen LogP contribution in [0.2, 0.25) is 0 Å². The number of fused-ring (bicyclic) bond motifs is 2. The predicted octanol–water partition coefficient (Wildman–Crippen LogP) is 2.04. The Kier molecular flexibility index (Phi) is 6.71. The number of carbonyl (C=O) groups is 3. The van der Waals surface area contributed by atoms with Crippen molar-refractivity contribution in [3.63, 3.8) is 0 Å². The molecular formula is C23H26N2O5S. The molecule has 0 spiro atoms. The highest BCUT2D eigenvalue weighted by Gasteiger charge is 2.30. The standard InChI is InChI=1S/C15H10O4S.C8H16N2O/c1-20(18,19)9-6-7-12-13(8-9)15(17)11-5-3-2-4-10(11)14(12)16;1-3-8(11)10-6-4-9(2)5-7-10/h2-8H,1H3;3-7H2,1-2H3. The molecule has 0 unspecified atom stereocenters. The minimum absolute atomic E-state index is 0.0387. The second-order valence-electron chi connectivity index (χ2n) is 7.72. The molecule has 0 N–H and O–H groups in total. The summed E-state index contributed by atoms with van der Waals surface area (Å²) < 4.78 is 23.1. The molecule has 1 fully saturated rings. The average Bonchev–Trinajstić information content (AvgIpc) is 2.77. The maximum Gasteiger partial charge on any atom is 0.222 e. The molecule has 2 aromatic carbocycles. The fourth-order valence-electron chi connectivity index (χ4n) is 3.59. The van der Waals surface area contributed by atoms with E-state index in [1.165, 1.54) is 18.2 Å². The van der Waals surface area contributed by atoms with Crippen LogP contribution in [-0.2, 0) is 14.6 Å². The van der Waals surface area contributed by atoms with Crippen molar-refractivity contribution in [3.05, 3.63) is 64.7 Å². The average molecular weight is 443 g/mol. The van der Waals surface area contributed by atoms with Crippen LogP contribution in [0.15, 0.2) is 47.4 Å². The summed E-state index contributed by atoms with van der Waals surface area (Å²) in [7, 11) is -1.33. The molecule has 0 saturated carbocycles. The molecule has 0 bridgehead atoms. The summed E-state index contributed by atoms with van der Waals surface area (Å²) in [5, 5.41) is 0. The molecule has 0 aromatic heterocycles. The predicted molar refractivity (Wildman–Crippen MR) is 117 cm³/mol. The Balaban J connectivity index is 0.000000210. The molecule has 2 aliphatic rings. The molecule has 164 valence electrons. The Labute approximate surface area is 182 Å². The zero-order valence-electron chi connectivity index (χ0n) is 17.9. The van der Waals surface area contributed by atoms with Gasteiger partial charge in [0.1, 0.15) is 0 Å². The number of benzene rings is 2. The molecule has 1 heterocycles. The summed E-state index contributed by atoms with van der Waals surface area (Å²) in [6.07, 6.45) is 1.71. The van der Waals surface area contributed by atoms with Crippen molar-refractivity contribution in [1.29, 1.82) is 0 Å². The molecule has 31 heavy (non-hydrogen) atoms. The third-order valence-electron chi connectivity index (χ3n) is 5.48. The highest BCUT2D eigenvalue weighted by molar-refractivity contribution is 7.90. The summed E-state index contributed by atoms with van der Waals surface area (Å²) in [6, 6.07) is 10.6. The number of sulfone groups is 1. The number of ketones is 2. The zero-order chi connectivity index (χ0) is 22.8. The van der Waals surface area contributed by atoms with Crippen LogP contribution < -0.4 is 0 Å². The monoisotopic (exact) mass is 442 g/mol. The van der Waals surface area contributed by atoms with E-state index in [0.29, 0.717) is 17.5 Å². The number of hydrogen-bond donors (Lipinski definition) is 0. The van der Waals surface area contributed by atoms with Gasteiger partial charge in [0.15, 0.2) is 21.4 Å². The fraction of sp³-hybridized carbons (Fsp3) is 0.348. The van der Waals surface area contributed by atoms with Crippen LogP contribution in [0.5, 0.6) is 0 Å². The zero-order valence-corrected chi connectivity index (χ0v) is 18.7. The molecular weight excluding hydrogens is 416 g/mol. The van der Waals surface area contributed by atoms with E-state index in [2.05, 4.69) is 11.9 Å². The first kappa shape index (κ1) is 22.8. The van der Waals surface area contributed by atoms with Gasteiger partial charge in [0.2, 0.25) is 5.91 Å². The van der Waals surface area contributed by atoms with Crippen molar-refractivity contribution in [1.82, 2.24) is 9.80 Å². The highest BCUT2D eigenvalue weighted by Crippen LogP contribution is 2.28. The first-order valence-corrected chi connectivity index (χ1v) is 12.0. The summed E-state index contributed by atoms with van der Waals surface area (Å²) in [5.74, 6) is -0.283. The molecule has 2 aromatic rings. The summed E-state index contributed by atoms with van der Waals surface area (Å²) in [6.45, 7) is 5.77. The second-order valence-corrected chi connectivity index (χ2v) is 9.74. The molecule has 8 heteroatoms. The Morgan fingerprint density at radius 3 is 1.90 bits per heavy atom. The van der Waals surface area contributed by atoms with Gasteiger partial charge in [-0.1, -0.05) is 31.2 Å². The van der Waals surface area contributed by atoms with Gasteiger partial charge in [-0.05, 0) is 25.2 Å². The number of nitrogens with zero attached hydrogens (tertiary/aromatic N) is 2. The maximum absolute atomic E-state index is 12.4. The molecule has 1 saturated heterocycles. The first-order valence-electron chi connectivity index (χ1n) is 10.1. The fourth-order valence-corrected chi connectivity index (χ4v) is 4.24.